The minimum Gasteiger partial charge on any atom is -0.507 e. The zero-order valence-electron chi connectivity index (χ0n) is 17.4. The second-order valence-corrected chi connectivity index (χ2v) is 8.29. The summed E-state index contributed by atoms with van der Waals surface area (Å²) in [6, 6.07) is 11.0. The lowest BCUT2D eigenvalue weighted by atomic mass is 10.1. The van der Waals surface area contributed by atoms with Crippen LogP contribution in [0.5, 0.6) is 11.6 Å². The highest BCUT2D eigenvalue weighted by Crippen LogP contribution is 2.28. The van der Waals surface area contributed by atoms with Gasteiger partial charge in [0, 0.05) is 42.4 Å². The summed E-state index contributed by atoms with van der Waals surface area (Å²) in [7, 11) is 1.56. The summed E-state index contributed by atoms with van der Waals surface area (Å²) in [5.74, 6) is 0.618. The third kappa shape index (κ3) is 5.08. The molecule has 1 unspecified atom stereocenters. The molecule has 32 heavy (non-hydrogen) atoms. The van der Waals surface area contributed by atoms with Gasteiger partial charge in [0.15, 0.2) is 0 Å². The van der Waals surface area contributed by atoms with Crippen LogP contribution < -0.4 is 4.74 Å². The predicted octanol–water partition coefficient (Wildman–Crippen LogP) is 4.20. The molecule has 0 saturated carbocycles. The first-order chi connectivity index (χ1) is 15.5. The van der Waals surface area contributed by atoms with Crippen LogP contribution >= 0.6 is 11.8 Å². The van der Waals surface area contributed by atoms with E-state index >= 15 is 0 Å². The zero-order valence-corrected chi connectivity index (χ0v) is 18.3. The van der Waals surface area contributed by atoms with Crippen molar-refractivity contribution in [2.75, 3.05) is 12.9 Å². The van der Waals surface area contributed by atoms with Crippen LogP contribution in [0.15, 0.2) is 66.3 Å². The van der Waals surface area contributed by atoms with E-state index < -0.39 is 5.82 Å². The summed E-state index contributed by atoms with van der Waals surface area (Å²) in [5.41, 5.74) is 2.64. The number of hydrogen-bond acceptors (Lipinski definition) is 6. The fourth-order valence-corrected chi connectivity index (χ4v) is 4.38. The van der Waals surface area contributed by atoms with Gasteiger partial charge in [-0.2, -0.15) is 0 Å². The van der Waals surface area contributed by atoms with Gasteiger partial charge in [-0.25, -0.2) is 9.37 Å². The number of phenolic OH excluding ortho intramolecular Hbond substituents is 1. The summed E-state index contributed by atoms with van der Waals surface area (Å²) < 4.78 is 18.4. The van der Waals surface area contributed by atoms with Crippen LogP contribution in [0.1, 0.15) is 11.1 Å². The fraction of sp³-hybridized carbons (Fsp3) is 0.208. The Hall–Kier alpha value is -3.39. The van der Waals surface area contributed by atoms with Crippen LogP contribution in [0.25, 0.3) is 11.3 Å². The van der Waals surface area contributed by atoms with Crippen molar-refractivity contribution in [2.24, 2.45) is 0 Å². The lowest BCUT2D eigenvalue weighted by molar-refractivity contribution is -0.132. The van der Waals surface area contributed by atoms with Crippen LogP contribution in [0.3, 0.4) is 0 Å². The standard InChI is InChI=1S/C24H22FN3O3S/c1-31-23-10-17(6-8-26-23)14-28(19-7-9-32-15-19)24(30)11-16-2-5-21(27-13-16)20-4-3-18(25)12-22(20)29/h2-10,12-13,19,29H,11,14-15H2,1H3. The molecule has 4 rings (SSSR count). The minimum absolute atomic E-state index is 0.00931. The smallest absolute Gasteiger partial charge is 0.227 e. The first-order valence-corrected chi connectivity index (χ1v) is 11.1. The summed E-state index contributed by atoms with van der Waals surface area (Å²) in [4.78, 5) is 23.6. The lowest BCUT2D eigenvalue weighted by Gasteiger charge is -2.28. The molecule has 1 amide bonds. The molecule has 0 radical (unpaired) electrons. The number of pyridine rings is 2. The number of phenols is 1. The molecule has 0 fully saturated rings. The maximum absolute atomic E-state index is 13.2. The quantitative estimate of drug-likeness (QED) is 0.580. The van der Waals surface area contributed by atoms with E-state index in [9.17, 15) is 14.3 Å². The molecule has 1 N–H and O–H groups in total. The second-order valence-electron chi connectivity index (χ2n) is 7.35. The van der Waals surface area contributed by atoms with Gasteiger partial charge in [-0.1, -0.05) is 12.1 Å². The molecule has 3 heterocycles. The van der Waals surface area contributed by atoms with Gasteiger partial charge in [0.2, 0.25) is 11.8 Å². The molecule has 2 aromatic heterocycles. The number of methoxy groups -OCH3 is 1. The topological polar surface area (TPSA) is 75.5 Å². The number of hydrogen-bond donors (Lipinski definition) is 1. The van der Waals surface area contributed by atoms with Crippen LogP contribution in [0.2, 0.25) is 0 Å². The fourth-order valence-electron chi connectivity index (χ4n) is 3.48. The largest absolute Gasteiger partial charge is 0.507 e. The molecule has 3 aromatic rings. The molecule has 1 aliphatic heterocycles. The van der Waals surface area contributed by atoms with E-state index in [1.807, 2.05) is 28.5 Å². The highest BCUT2D eigenvalue weighted by atomic mass is 32.2. The molecular weight excluding hydrogens is 429 g/mol. The van der Waals surface area contributed by atoms with Gasteiger partial charge in [-0.3, -0.25) is 9.78 Å². The number of aromatic hydroxyl groups is 1. The van der Waals surface area contributed by atoms with E-state index in [-0.39, 0.29) is 24.1 Å². The van der Waals surface area contributed by atoms with Crippen LogP contribution in [-0.2, 0) is 17.8 Å². The number of halogens is 1. The average Bonchev–Trinajstić information content (AvgIpc) is 3.33. The van der Waals surface area contributed by atoms with Gasteiger partial charge < -0.3 is 14.7 Å². The maximum Gasteiger partial charge on any atom is 0.227 e. The average molecular weight is 452 g/mol. The van der Waals surface area contributed by atoms with Crippen molar-refractivity contribution in [3.8, 4) is 22.9 Å². The third-order valence-electron chi connectivity index (χ3n) is 5.16. The molecule has 0 bridgehead atoms. The van der Waals surface area contributed by atoms with E-state index in [0.717, 1.165) is 22.9 Å². The van der Waals surface area contributed by atoms with E-state index in [1.165, 1.54) is 12.1 Å². The SMILES string of the molecule is COc1cc(CN(C(=O)Cc2ccc(-c3ccc(F)cc3O)nc2)C2C=CSC2)ccn1. The van der Waals surface area contributed by atoms with Gasteiger partial charge in [0.1, 0.15) is 11.6 Å². The van der Waals surface area contributed by atoms with Crippen molar-refractivity contribution in [2.45, 2.75) is 19.0 Å². The molecule has 8 heteroatoms. The zero-order chi connectivity index (χ0) is 22.5. The Morgan fingerprint density at radius 3 is 2.78 bits per heavy atom. The molecule has 0 saturated heterocycles. The Labute approximate surface area is 189 Å². The Bertz CT molecular complexity index is 1140. The maximum atomic E-state index is 13.2. The Balaban J connectivity index is 1.50. The number of ether oxygens (including phenoxy) is 1. The van der Waals surface area contributed by atoms with Crippen molar-refractivity contribution < 1.29 is 19.0 Å². The van der Waals surface area contributed by atoms with Crippen LogP contribution in [0.4, 0.5) is 4.39 Å². The van der Waals surface area contributed by atoms with Crippen LogP contribution in [0, 0.1) is 5.82 Å². The summed E-state index contributed by atoms with van der Waals surface area (Å²) in [5, 5.41) is 12.0. The minimum atomic E-state index is -0.514. The van der Waals surface area contributed by atoms with E-state index in [1.54, 1.807) is 43.4 Å². The molecular formula is C24H22FN3O3S. The Morgan fingerprint density at radius 1 is 1.22 bits per heavy atom. The molecule has 0 spiro atoms. The number of rotatable bonds is 7. The molecule has 6 nitrogen and oxygen atoms in total. The van der Waals surface area contributed by atoms with Crippen LogP contribution in [-0.4, -0.2) is 44.8 Å². The van der Waals surface area contributed by atoms with Gasteiger partial charge >= 0.3 is 0 Å². The van der Waals surface area contributed by atoms with Crippen molar-refractivity contribution in [3.05, 3.63) is 83.3 Å². The van der Waals surface area contributed by atoms with Gasteiger partial charge in [-0.05, 0) is 40.8 Å². The first-order valence-electron chi connectivity index (χ1n) is 10.0. The summed E-state index contributed by atoms with van der Waals surface area (Å²) in [6.45, 7) is 0.447. The van der Waals surface area contributed by atoms with Crippen molar-refractivity contribution in [1.29, 1.82) is 0 Å². The van der Waals surface area contributed by atoms with Gasteiger partial charge in [0.25, 0.3) is 0 Å². The first kappa shape index (κ1) is 21.8. The number of carbonyl (C=O) groups is 1. The number of amides is 1. The van der Waals surface area contributed by atoms with Crippen molar-refractivity contribution in [1.82, 2.24) is 14.9 Å². The number of nitrogens with zero attached hydrogens (tertiary/aromatic N) is 3. The Morgan fingerprint density at radius 2 is 2.09 bits per heavy atom. The number of benzene rings is 1. The molecule has 1 aliphatic rings. The van der Waals surface area contributed by atoms with E-state index in [2.05, 4.69) is 9.97 Å². The van der Waals surface area contributed by atoms with Crippen molar-refractivity contribution in [3.63, 3.8) is 0 Å². The highest BCUT2D eigenvalue weighted by molar-refractivity contribution is 8.02. The second kappa shape index (κ2) is 9.82. The normalized spacial score (nSPS) is 15.0. The summed E-state index contributed by atoms with van der Waals surface area (Å²) >= 11 is 1.68. The van der Waals surface area contributed by atoms with E-state index in [0.29, 0.717) is 23.7 Å². The Kier molecular flexibility index (Phi) is 6.70. The van der Waals surface area contributed by atoms with Gasteiger partial charge in [0.05, 0.1) is 25.3 Å². The number of thioether (sulfide) groups is 1. The number of aromatic nitrogens is 2. The molecule has 1 atom stereocenters. The highest BCUT2D eigenvalue weighted by Gasteiger charge is 2.24. The third-order valence-corrected chi connectivity index (χ3v) is 6.05. The molecule has 164 valence electrons. The number of carbonyl (C=O) groups excluding carboxylic acids is 1. The molecule has 0 aliphatic carbocycles. The monoisotopic (exact) mass is 451 g/mol. The predicted molar refractivity (Wildman–Crippen MR) is 122 cm³/mol. The lowest BCUT2D eigenvalue weighted by Crippen LogP contribution is -2.40. The summed E-state index contributed by atoms with van der Waals surface area (Å²) in [6.07, 6.45) is 5.52. The van der Waals surface area contributed by atoms with E-state index in [4.69, 9.17) is 4.74 Å². The van der Waals surface area contributed by atoms with Crippen molar-refractivity contribution >= 4 is 17.7 Å². The van der Waals surface area contributed by atoms with Gasteiger partial charge in [-0.15, -0.1) is 11.8 Å². The molecule has 1 aromatic carbocycles.